The highest BCUT2D eigenvalue weighted by atomic mass is 35.5. The summed E-state index contributed by atoms with van der Waals surface area (Å²) in [5.41, 5.74) is 0.797. The summed E-state index contributed by atoms with van der Waals surface area (Å²) in [7, 11) is 1.97. The van der Waals surface area contributed by atoms with Crippen LogP contribution in [0, 0.1) is 5.82 Å². The van der Waals surface area contributed by atoms with Crippen molar-refractivity contribution < 1.29 is 18.7 Å². The number of hydrogen-bond donors (Lipinski definition) is 1. The molecule has 0 spiro atoms. The molecule has 0 heterocycles. The average Bonchev–Trinajstić information content (AvgIpc) is 2.65. The van der Waals surface area contributed by atoms with E-state index in [1.807, 2.05) is 37.4 Å². The zero-order valence-electron chi connectivity index (χ0n) is 14.4. The molecule has 138 valence electrons. The Kier molecular flexibility index (Phi) is 7.41. The predicted molar refractivity (Wildman–Crippen MR) is 99.0 cm³/mol. The number of amides is 1. The van der Waals surface area contributed by atoms with E-state index in [0.29, 0.717) is 6.54 Å². The summed E-state index contributed by atoms with van der Waals surface area (Å²) in [5.74, 6) is -2.11. The van der Waals surface area contributed by atoms with Crippen LogP contribution in [0.3, 0.4) is 0 Å². The number of ether oxygens (including phenoxy) is 1. The fraction of sp³-hybridized carbons (Fsp3) is 0.263. The second kappa shape index (κ2) is 9.77. The minimum Gasteiger partial charge on any atom is -0.452 e. The molecule has 5 nitrogen and oxygen atoms in total. The van der Waals surface area contributed by atoms with Gasteiger partial charge in [0.05, 0.1) is 5.56 Å². The molecule has 0 aliphatic heterocycles. The number of rotatable bonds is 8. The molecule has 0 fully saturated rings. The van der Waals surface area contributed by atoms with Crippen LogP contribution in [0.5, 0.6) is 0 Å². The van der Waals surface area contributed by atoms with E-state index < -0.39 is 24.3 Å². The van der Waals surface area contributed by atoms with Gasteiger partial charge in [0, 0.05) is 30.8 Å². The monoisotopic (exact) mass is 378 g/mol. The van der Waals surface area contributed by atoms with E-state index in [-0.39, 0.29) is 10.6 Å². The number of esters is 1. The van der Waals surface area contributed by atoms with Gasteiger partial charge in [-0.05, 0) is 36.8 Å². The lowest BCUT2D eigenvalue weighted by Crippen LogP contribution is -2.31. The van der Waals surface area contributed by atoms with Crippen LogP contribution < -0.4 is 10.2 Å². The maximum absolute atomic E-state index is 13.5. The van der Waals surface area contributed by atoms with Gasteiger partial charge in [0.25, 0.3) is 5.91 Å². The number of carbonyl (C=O) groups excluding carboxylic acids is 2. The number of nitrogens with zero attached hydrogens (tertiary/aromatic N) is 1. The molecule has 26 heavy (non-hydrogen) atoms. The Hall–Kier alpha value is -2.60. The van der Waals surface area contributed by atoms with E-state index in [9.17, 15) is 14.0 Å². The van der Waals surface area contributed by atoms with Crippen LogP contribution in [0.1, 0.15) is 16.8 Å². The fourth-order valence-corrected chi connectivity index (χ4v) is 2.44. The molecular weight excluding hydrogens is 359 g/mol. The smallest absolute Gasteiger partial charge is 0.341 e. The van der Waals surface area contributed by atoms with Crippen LogP contribution in [0.4, 0.5) is 10.1 Å². The zero-order chi connectivity index (χ0) is 18.9. The van der Waals surface area contributed by atoms with Gasteiger partial charge in [-0.25, -0.2) is 9.18 Å². The molecule has 0 saturated heterocycles. The highest BCUT2D eigenvalue weighted by Crippen LogP contribution is 2.15. The Labute approximate surface area is 156 Å². The Morgan fingerprint density at radius 3 is 2.65 bits per heavy atom. The van der Waals surface area contributed by atoms with E-state index in [0.717, 1.165) is 30.8 Å². The molecule has 0 unspecified atom stereocenters. The normalized spacial score (nSPS) is 10.3. The SMILES string of the molecule is CN(CCCNC(=O)COC(=O)c1cc(Cl)ccc1F)c1ccccc1. The summed E-state index contributed by atoms with van der Waals surface area (Å²) >= 11 is 5.72. The molecular formula is C19H20ClFN2O3. The van der Waals surface area contributed by atoms with Gasteiger partial charge in [0.1, 0.15) is 5.82 Å². The van der Waals surface area contributed by atoms with Gasteiger partial charge >= 0.3 is 5.97 Å². The van der Waals surface area contributed by atoms with E-state index in [4.69, 9.17) is 16.3 Å². The number of para-hydroxylation sites is 1. The van der Waals surface area contributed by atoms with Crippen molar-refractivity contribution in [2.24, 2.45) is 0 Å². The fourth-order valence-electron chi connectivity index (χ4n) is 2.27. The molecule has 0 saturated carbocycles. The second-order valence-electron chi connectivity index (χ2n) is 5.66. The van der Waals surface area contributed by atoms with Crippen molar-refractivity contribution in [1.82, 2.24) is 5.32 Å². The minimum atomic E-state index is -0.927. The molecule has 7 heteroatoms. The summed E-state index contributed by atoms with van der Waals surface area (Å²) < 4.78 is 18.4. The number of halogens is 2. The van der Waals surface area contributed by atoms with E-state index in [1.165, 1.54) is 6.07 Å². The molecule has 2 aromatic rings. The molecule has 1 N–H and O–H groups in total. The quantitative estimate of drug-likeness (QED) is 0.565. The van der Waals surface area contributed by atoms with Gasteiger partial charge in [-0.2, -0.15) is 0 Å². The van der Waals surface area contributed by atoms with Gasteiger partial charge in [-0.3, -0.25) is 4.79 Å². The molecule has 2 aromatic carbocycles. The number of anilines is 1. The van der Waals surface area contributed by atoms with Crippen LogP contribution in [-0.2, 0) is 9.53 Å². The van der Waals surface area contributed by atoms with E-state index in [1.54, 1.807) is 0 Å². The number of carbonyl (C=O) groups is 2. The van der Waals surface area contributed by atoms with Crippen molar-refractivity contribution in [2.75, 3.05) is 31.6 Å². The third-order valence-electron chi connectivity index (χ3n) is 3.67. The molecule has 0 radical (unpaired) electrons. The standard InChI is InChI=1S/C19H20ClFN2O3/c1-23(15-6-3-2-4-7-15)11-5-10-22-18(24)13-26-19(25)16-12-14(20)8-9-17(16)21/h2-4,6-9,12H,5,10-11,13H2,1H3,(H,22,24). The topological polar surface area (TPSA) is 58.6 Å². The first kappa shape index (κ1) is 19.7. The summed E-state index contributed by atoms with van der Waals surface area (Å²) in [6, 6.07) is 13.5. The van der Waals surface area contributed by atoms with Crippen molar-refractivity contribution in [3.05, 3.63) is 64.9 Å². The molecule has 0 aliphatic rings. The summed E-state index contributed by atoms with van der Waals surface area (Å²) in [4.78, 5) is 25.6. The summed E-state index contributed by atoms with van der Waals surface area (Å²) in [6.45, 7) is 0.732. The molecule has 0 aliphatic carbocycles. The average molecular weight is 379 g/mol. The maximum Gasteiger partial charge on any atom is 0.341 e. The first-order valence-electron chi connectivity index (χ1n) is 8.12. The Bertz CT molecular complexity index is 756. The second-order valence-corrected chi connectivity index (χ2v) is 6.10. The highest BCUT2D eigenvalue weighted by molar-refractivity contribution is 6.30. The first-order chi connectivity index (χ1) is 12.5. The van der Waals surface area contributed by atoms with Crippen LogP contribution in [0.25, 0.3) is 0 Å². The number of benzene rings is 2. The summed E-state index contributed by atoms with van der Waals surface area (Å²) in [6.07, 6.45) is 0.730. The minimum absolute atomic E-state index is 0.213. The molecule has 0 atom stereocenters. The molecule has 0 aromatic heterocycles. The highest BCUT2D eigenvalue weighted by Gasteiger charge is 2.15. The lowest BCUT2D eigenvalue weighted by Gasteiger charge is -2.19. The Morgan fingerprint density at radius 2 is 1.92 bits per heavy atom. The van der Waals surface area contributed by atoms with Gasteiger partial charge in [0.15, 0.2) is 6.61 Å². The van der Waals surface area contributed by atoms with Crippen molar-refractivity contribution in [2.45, 2.75) is 6.42 Å². The maximum atomic E-state index is 13.5. The van der Waals surface area contributed by atoms with Crippen LogP contribution >= 0.6 is 11.6 Å². The van der Waals surface area contributed by atoms with Gasteiger partial charge < -0.3 is 15.0 Å². The lowest BCUT2D eigenvalue weighted by atomic mass is 10.2. The van der Waals surface area contributed by atoms with Crippen molar-refractivity contribution in [1.29, 1.82) is 0 Å². The van der Waals surface area contributed by atoms with Gasteiger partial charge in [0.2, 0.25) is 0 Å². The Morgan fingerprint density at radius 1 is 1.19 bits per heavy atom. The molecule has 0 bridgehead atoms. The third-order valence-corrected chi connectivity index (χ3v) is 3.91. The third kappa shape index (κ3) is 6.04. The molecule has 2 rings (SSSR count). The number of nitrogens with one attached hydrogen (secondary N) is 1. The van der Waals surface area contributed by atoms with Crippen LogP contribution in [0.15, 0.2) is 48.5 Å². The van der Waals surface area contributed by atoms with Gasteiger partial charge in [-0.1, -0.05) is 29.8 Å². The lowest BCUT2D eigenvalue weighted by molar-refractivity contribution is -0.124. The predicted octanol–water partition coefficient (Wildman–Crippen LogP) is 3.28. The van der Waals surface area contributed by atoms with Crippen molar-refractivity contribution in [3.8, 4) is 0 Å². The van der Waals surface area contributed by atoms with Crippen LogP contribution in [-0.4, -0.2) is 38.6 Å². The van der Waals surface area contributed by atoms with Crippen LogP contribution in [0.2, 0.25) is 5.02 Å². The Balaban J connectivity index is 1.67. The first-order valence-corrected chi connectivity index (χ1v) is 8.50. The van der Waals surface area contributed by atoms with Gasteiger partial charge in [-0.15, -0.1) is 0 Å². The van der Waals surface area contributed by atoms with E-state index in [2.05, 4.69) is 10.2 Å². The molecule has 1 amide bonds. The summed E-state index contributed by atoms with van der Waals surface area (Å²) in [5, 5.41) is 2.87. The largest absolute Gasteiger partial charge is 0.452 e. The van der Waals surface area contributed by atoms with Crippen molar-refractivity contribution >= 4 is 29.2 Å². The van der Waals surface area contributed by atoms with Crippen molar-refractivity contribution in [3.63, 3.8) is 0 Å². The number of hydrogen-bond acceptors (Lipinski definition) is 4. The zero-order valence-corrected chi connectivity index (χ0v) is 15.1. The van der Waals surface area contributed by atoms with E-state index >= 15 is 0 Å².